The Kier molecular flexibility index (Phi) is 3.04. The van der Waals surface area contributed by atoms with E-state index in [0.717, 1.165) is 17.4 Å². The molecule has 1 rings (SSSR count). The molecule has 2 heteroatoms. The highest BCUT2D eigenvalue weighted by Gasteiger charge is 2.26. The molecule has 13 heavy (non-hydrogen) atoms. The SMILES string of the molecule is CCOC1(C)C=C(C)C=C(C=O)C1. The lowest BCUT2D eigenvalue weighted by molar-refractivity contribution is -0.105. The first-order valence-electron chi connectivity index (χ1n) is 4.59. The lowest BCUT2D eigenvalue weighted by Crippen LogP contribution is -2.29. The van der Waals surface area contributed by atoms with E-state index in [1.54, 1.807) is 0 Å². The molecule has 0 bridgehead atoms. The van der Waals surface area contributed by atoms with E-state index in [4.69, 9.17) is 4.74 Å². The van der Waals surface area contributed by atoms with E-state index < -0.39 is 0 Å². The van der Waals surface area contributed by atoms with Gasteiger partial charge >= 0.3 is 0 Å². The zero-order chi connectivity index (χ0) is 9.90. The van der Waals surface area contributed by atoms with Crippen LogP contribution in [0.5, 0.6) is 0 Å². The van der Waals surface area contributed by atoms with Crippen molar-refractivity contribution in [1.82, 2.24) is 0 Å². The van der Waals surface area contributed by atoms with Crippen LogP contribution in [0.15, 0.2) is 23.3 Å². The van der Waals surface area contributed by atoms with Crippen molar-refractivity contribution in [1.29, 1.82) is 0 Å². The van der Waals surface area contributed by atoms with Crippen LogP contribution in [0.25, 0.3) is 0 Å². The summed E-state index contributed by atoms with van der Waals surface area (Å²) in [5.74, 6) is 0. The van der Waals surface area contributed by atoms with E-state index in [0.29, 0.717) is 13.0 Å². The van der Waals surface area contributed by atoms with Gasteiger partial charge in [-0.2, -0.15) is 0 Å². The zero-order valence-corrected chi connectivity index (χ0v) is 8.46. The summed E-state index contributed by atoms with van der Waals surface area (Å²) in [7, 11) is 0. The van der Waals surface area contributed by atoms with Crippen LogP contribution < -0.4 is 0 Å². The number of rotatable bonds is 3. The van der Waals surface area contributed by atoms with E-state index in [2.05, 4.69) is 6.08 Å². The van der Waals surface area contributed by atoms with Crippen molar-refractivity contribution in [3.63, 3.8) is 0 Å². The van der Waals surface area contributed by atoms with Gasteiger partial charge in [0.05, 0.1) is 5.60 Å². The molecule has 0 N–H and O–H groups in total. The second-order valence-electron chi connectivity index (χ2n) is 3.65. The van der Waals surface area contributed by atoms with Gasteiger partial charge in [0.25, 0.3) is 0 Å². The average molecular weight is 180 g/mol. The highest BCUT2D eigenvalue weighted by Crippen LogP contribution is 2.28. The molecular weight excluding hydrogens is 164 g/mol. The van der Waals surface area contributed by atoms with E-state index in [9.17, 15) is 4.79 Å². The molecular formula is C11H16O2. The topological polar surface area (TPSA) is 26.3 Å². The monoisotopic (exact) mass is 180 g/mol. The fourth-order valence-corrected chi connectivity index (χ4v) is 1.82. The Hall–Kier alpha value is -0.890. The van der Waals surface area contributed by atoms with E-state index >= 15 is 0 Å². The van der Waals surface area contributed by atoms with Crippen LogP contribution in [0.1, 0.15) is 27.2 Å². The van der Waals surface area contributed by atoms with Crippen LogP contribution >= 0.6 is 0 Å². The number of carbonyl (C=O) groups excluding carboxylic acids is 1. The Bertz CT molecular complexity index is 263. The number of carbonyl (C=O) groups is 1. The van der Waals surface area contributed by atoms with Crippen LogP contribution in [-0.2, 0) is 9.53 Å². The van der Waals surface area contributed by atoms with Gasteiger partial charge in [0.2, 0.25) is 0 Å². The predicted octanol–water partition coefficient (Wildman–Crippen LogP) is 2.26. The normalized spacial score (nSPS) is 27.9. The van der Waals surface area contributed by atoms with Crippen LogP contribution in [0.3, 0.4) is 0 Å². The number of aldehydes is 1. The molecule has 1 aliphatic rings. The average Bonchev–Trinajstić information content (AvgIpc) is 2.02. The van der Waals surface area contributed by atoms with Crippen molar-refractivity contribution >= 4 is 6.29 Å². The molecule has 0 aromatic heterocycles. The quantitative estimate of drug-likeness (QED) is 0.623. The van der Waals surface area contributed by atoms with Crippen LogP contribution in [0, 0.1) is 0 Å². The smallest absolute Gasteiger partial charge is 0.146 e. The van der Waals surface area contributed by atoms with Gasteiger partial charge in [-0.25, -0.2) is 0 Å². The molecule has 72 valence electrons. The number of hydrogen-bond donors (Lipinski definition) is 0. The highest BCUT2D eigenvalue weighted by molar-refractivity contribution is 5.75. The summed E-state index contributed by atoms with van der Waals surface area (Å²) in [6.07, 6.45) is 5.58. The summed E-state index contributed by atoms with van der Waals surface area (Å²) in [6, 6.07) is 0. The Labute approximate surface area is 79.3 Å². The van der Waals surface area contributed by atoms with Crippen molar-refractivity contribution in [2.24, 2.45) is 0 Å². The van der Waals surface area contributed by atoms with Gasteiger partial charge in [-0.15, -0.1) is 0 Å². The van der Waals surface area contributed by atoms with Gasteiger partial charge in [-0.05, 0) is 32.4 Å². The van der Waals surface area contributed by atoms with Gasteiger partial charge in [0.1, 0.15) is 6.29 Å². The van der Waals surface area contributed by atoms with Crippen molar-refractivity contribution < 1.29 is 9.53 Å². The molecule has 0 aromatic rings. The third-order valence-electron chi connectivity index (χ3n) is 2.13. The number of hydrogen-bond acceptors (Lipinski definition) is 2. The summed E-state index contributed by atoms with van der Waals surface area (Å²) in [5.41, 5.74) is 1.63. The molecule has 0 radical (unpaired) electrons. The second kappa shape index (κ2) is 3.88. The van der Waals surface area contributed by atoms with E-state index in [1.807, 2.05) is 26.8 Å². The van der Waals surface area contributed by atoms with Crippen molar-refractivity contribution in [3.8, 4) is 0 Å². The maximum atomic E-state index is 10.6. The Morgan fingerprint density at radius 2 is 2.38 bits per heavy atom. The Balaban J connectivity index is 2.84. The van der Waals surface area contributed by atoms with Crippen molar-refractivity contribution in [3.05, 3.63) is 23.3 Å². The molecule has 0 fully saturated rings. The molecule has 0 saturated carbocycles. The minimum Gasteiger partial charge on any atom is -0.371 e. The molecule has 0 saturated heterocycles. The lowest BCUT2D eigenvalue weighted by Gasteiger charge is -2.29. The molecule has 0 heterocycles. The Morgan fingerprint density at radius 3 is 2.92 bits per heavy atom. The van der Waals surface area contributed by atoms with Crippen LogP contribution in [0.2, 0.25) is 0 Å². The summed E-state index contributed by atoms with van der Waals surface area (Å²) in [4.78, 5) is 10.6. The fraction of sp³-hybridized carbons (Fsp3) is 0.545. The predicted molar refractivity (Wildman–Crippen MR) is 52.6 cm³/mol. The maximum Gasteiger partial charge on any atom is 0.146 e. The van der Waals surface area contributed by atoms with Crippen LogP contribution in [0.4, 0.5) is 0 Å². The Morgan fingerprint density at radius 1 is 1.69 bits per heavy atom. The fourth-order valence-electron chi connectivity index (χ4n) is 1.82. The van der Waals surface area contributed by atoms with Gasteiger partial charge in [-0.3, -0.25) is 4.79 Å². The molecule has 0 aliphatic heterocycles. The van der Waals surface area contributed by atoms with E-state index in [1.165, 1.54) is 0 Å². The van der Waals surface area contributed by atoms with Gasteiger partial charge in [-0.1, -0.05) is 11.6 Å². The first kappa shape index (κ1) is 10.2. The number of allylic oxidation sites excluding steroid dienone is 2. The van der Waals surface area contributed by atoms with Crippen LogP contribution in [-0.4, -0.2) is 18.5 Å². The molecule has 2 nitrogen and oxygen atoms in total. The molecule has 0 spiro atoms. The summed E-state index contributed by atoms with van der Waals surface area (Å²) < 4.78 is 5.60. The standard InChI is InChI=1S/C11H16O2/c1-4-13-11(3)6-9(2)5-10(7-11)8-12/h5-6,8H,4,7H2,1-3H3. The summed E-state index contributed by atoms with van der Waals surface area (Å²) in [6.45, 7) is 6.64. The van der Waals surface area contributed by atoms with Crippen molar-refractivity contribution in [2.75, 3.05) is 6.61 Å². The minimum absolute atomic E-state index is 0.288. The van der Waals surface area contributed by atoms with Crippen molar-refractivity contribution in [2.45, 2.75) is 32.8 Å². The largest absolute Gasteiger partial charge is 0.371 e. The lowest BCUT2D eigenvalue weighted by atomic mass is 9.88. The minimum atomic E-state index is -0.288. The van der Waals surface area contributed by atoms with Gasteiger partial charge < -0.3 is 4.74 Å². The first-order valence-corrected chi connectivity index (χ1v) is 4.59. The molecule has 1 atom stereocenters. The first-order chi connectivity index (χ1) is 6.09. The molecule has 0 aromatic carbocycles. The third kappa shape index (κ3) is 2.52. The third-order valence-corrected chi connectivity index (χ3v) is 2.13. The molecule has 1 unspecified atom stereocenters. The van der Waals surface area contributed by atoms with E-state index in [-0.39, 0.29) is 5.60 Å². The second-order valence-corrected chi connectivity index (χ2v) is 3.65. The maximum absolute atomic E-state index is 10.6. The van der Waals surface area contributed by atoms with Gasteiger partial charge in [0.15, 0.2) is 0 Å². The number of ether oxygens (including phenoxy) is 1. The van der Waals surface area contributed by atoms with Gasteiger partial charge in [0, 0.05) is 13.0 Å². The summed E-state index contributed by atoms with van der Waals surface area (Å²) >= 11 is 0. The highest BCUT2D eigenvalue weighted by atomic mass is 16.5. The zero-order valence-electron chi connectivity index (χ0n) is 8.46. The molecule has 0 amide bonds. The molecule has 1 aliphatic carbocycles. The summed E-state index contributed by atoms with van der Waals surface area (Å²) in [5, 5.41) is 0.